The van der Waals surface area contributed by atoms with E-state index in [0.717, 1.165) is 19.5 Å². The lowest BCUT2D eigenvalue weighted by molar-refractivity contribution is 0.170. The number of nitrogens with zero attached hydrogens (tertiary/aromatic N) is 1. The number of benzene rings is 1. The minimum absolute atomic E-state index is 0.148. The molecule has 96 valence electrons. The van der Waals surface area contributed by atoms with E-state index in [9.17, 15) is 5.11 Å². The van der Waals surface area contributed by atoms with Gasteiger partial charge in [0.15, 0.2) is 0 Å². The van der Waals surface area contributed by atoms with Gasteiger partial charge in [0.2, 0.25) is 0 Å². The molecule has 1 aromatic carbocycles. The Kier molecular flexibility index (Phi) is 5.62. The van der Waals surface area contributed by atoms with Crippen LogP contribution in [0.15, 0.2) is 30.3 Å². The van der Waals surface area contributed by atoms with Crippen LogP contribution >= 0.6 is 0 Å². The molecular weight excluding hydrogens is 212 g/mol. The van der Waals surface area contributed by atoms with Crippen LogP contribution in [0.4, 0.5) is 0 Å². The number of rotatable bonds is 7. The molecule has 0 spiro atoms. The van der Waals surface area contributed by atoms with Gasteiger partial charge in [-0.3, -0.25) is 0 Å². The molecule has 0 aromatic heterocycles. The van der Waals surface area contributed by atoms with E-state index in [1.165, 1.54) is 5.56 Å². The average Bonchev–Trinajstić information content (AvgIpc) is 2.30. The Labute approximate surface area is 104 Å². The predicted octanol–water partition coefficient (Wildman–Crippen LogP) is 1.13. The van der Waals surface area contributed by atoms with Gasteiger partial charge in [-0.15, -0.1) is 0 Å². The molecule has 1 rings (SSSR count). The minimum Gasteiger partial charge on any atom is -0.394 e. The number of hydrogen-bond donors (Lipinski definition) is 2. The van der Waals surface area contributed by atoms with E-state index in [1.807, 2.05) is 18.2 Å². The summed E-state index contributed by atoms with van der Waals surface area (Å²) in [5.41, 5.74) is 1.01. The molecule has 3 nitrogen and oxygen atoms in total. The van der Waals surface area contributed by atoms with Crippen LogP contribution in [0.3, 0.4) is 0 Å². The van der Waals surface area contributed by atoms with Gasteiger partial charge in [0.25, 0.3) is 0 Å². The fourth-order valence-electron chi connectivity index (χ4n) is 1.80. The van der Waals surface area contributed by atoms with Gasteiger partial charge >= 0.3 is 0 Å². The summed E-state index contributed by atoms with van der Waals surface area (Å²) in [5.74, 6) is 0. The molecule has 1 unspecified atom stereocenters. The second kappa shape index (κ2) is 6.74. The highest BCUT2D eigenvalue weighted by Gasteiger charge is 2.22. The molecule has 0 saturated heterocycles. The van der Waals surface area contributed by atoms with Crippen molar-refractivity contribution < 1.29 is 5.11 Å². The molecule has 17 heavy (non-hydrogen) atoms. The number of hydrogen-bond acceptors (Lipinski definition) is 3. The SMILES string of the molecule is CN(C)CCNC(C)(CO)Cc1ccccc1. The van der Waals surface area contributed by atoms with Gasteiger partial charge in [0, 0.05) is 18.6 Å². The number of likely N-dealkylation sites (N-methyl/N-ethyl adjacent to an activating group) is 1. The summed E-state index contributed by atoms with van der Waals surface area (Å²) in [7, 11) is 4.10. The van der Waals surface area contributed by atoms with Crippen molar-refractivity contribution >= 4 is 0 Å². The lowest BCUT2D eigenvalue weighted by atomic mass is 9.93. The van der Waals surface area contributed by atoms with E-state index in [4.69, 9.17) is 0 Å². The normalized spacial score (nSPS) is 14.9. The van der Waals surface area contributed by atoms with E-state index < -0.39 is 0 Å². The Morgan fingerprint density at radius 1 is 1.24 bits per heavy atom. The monoisotopic (exact) mass is 236 g/mol. The van der Waals surface area contributed by atoms with Crippen LogP contribution in [-0.2, 0) is 6.42 Å². The molecule has 0 aliphatic carbocycles. The Morgan fingerprint density at radius 3 is 2.41 bits per heavy atom. The van der Waals surface area contributed by atoms with Crippen molar-refractivity contribution in [3.05, 3.63) is 35.9 Å². The maximum Gasteiger partial charge on any atom is 0.0613 e. The van der Waals surface area contributed by atoms with Crippen LogP contribution < -0.4 is 5.32 Å². The summed E-state index contributed by atoms with van der Waals surface area (Å²) < 4.78 is 0. The third-order valence-corrected chi connectivity index (χ3v) is 2.90. The molecule has 0 fully saturated rings. The van der Waals surface area contributed by atoms with Gasteiger partial charge in [-0.1, -0.05) is 30.3 Å². The lowest BCUT2D eigenvalue weighted by Crippen LogP contribution is -2.49. The molecule has 0 radical (unpaired) electrons. The Hall–Kier alpha value is -0.900. The van der Waals surface area contributed by atoms with Crippen molar-refractivity contribution in [2.45, 2.75) is 18.9 Å². The maximum atomic E-state index is 9.54. The zero-order valence-corrected chi connectivity index (χ0v) is 11.1. The molecule has 0 heterocycles. The van der Waals surface area contributed by atoms with E-state index >= 15 is 0 Å². The first-order chi connectivity index (χ1) is 8.06. The third-order valence-electron chi connectivity index (χ3n) is 2.90. The molecule has 0 saturated carbocycles. The summed E-state index contributed by atoms with van der Waals surface area (Å²) in [6, 6.07) is 10.3. The van der Waals surface area contributed by atoms with Gasteiger partial charge in [0.1, 0.15) is 0 Å². The maximum absolute atomic E-state index is 9.54. The van der Waals surface area contributed by atoms with Crippen molar-refractivity contribution in [1.29, 1.82) is 0 Å². The minimum atomic E-state index is -0.239. The van der Waals surface area contributed by atoms with Crippen LogP contribution in [0, 0.1) is 0 Å². The molecule has 1 atom stereocenters. The summed E-state index contributed by atoms with van der Waals surface area (Å²) in [5, 5.41) is 13.0. The molecule has 1 aromatic rings. The van der Waals surface area contributed by atoms with Crippen molar-refractivity contribution in [3.8, 4) is 0 Å². The van der Waals surface area contributed by atoms with Crippen molar-refractivity contribution in [1.82, 2.24) is 10.2 Å². The van der Waals surface area contributed by atoms with Gasteiger partial charge < -0.3 is 15.3 Å². The van der Waals surface area contributed by atoms with E-state index in [-0.39, 0.29) is 12.1 Å². The standard InChI is InChI=1S/C14H24N2O/c1-14(12-17,15-9-10-16(2)3)11-13-7-5-4-6-8-13/h4-8,15,17H,9-12H2,1-3H3. The van der Waals surface area contributed by atoms with E-state index in [1.54, 1.807) is 0 Å². The summed E-state index contributed by atoms with van der Waals surface area (Å²) in [6.07, 6.45) is 0.845. The quantitative estimate of drug-likeness (QED) is 0.745. The summed E-state index contributed by atoms with van der Waals surface area (Å²) >= 11 is 0. The van der Waals surface area contributed by atoms with Crippen LogP contribution in [0.1, 0.15) is 12.5 Å². The highest BCUT2D eigenvalue weighted by Crippen LogP contribution is 2.12. The number of aliphatic hydroxyl groups is 1. The fourth-order valence-corrected chi connectivity index (χ4v) is 1.80. The third kappa shape index (κ3) is 5.31. The first kappa shape index (κ1) is 14.2. The summed E-state index contributed by atoms with van der Waals surface area (Å²) in [6.45, 7) is 4.08. The topological polar surface area (TPSA) is 35.5 Å². The second-order valence-corrected chi connectivity index (χ2v) is 5.11. The largest absolute Gasteiger partial charge is 0.394 e. The second-order valence-electron chi connectivity index (χ2n) is 5.11. The molecule has 0 aliphatic heterocycles. The van der Waals surface area contributed by atoms with Gasteiger partial charge in [0.05, 0.1) is 6.61 Å². The zero-order chi connectivity index (χ0) is 12.7. The zero-order valence-electron chi connectivity index (χ0n) is 11.1. The van der Waals surface area contributed by atoms with Crippen molar-refractivity contribution in [2.75, 3.05) is 33.8 Å². The predicted molar refractivity (Wildman–Crippen MR) is 72.2 cm³/mol. The number of nitrogens with one attached hydrogen (secondary N) is 1. The molecular formula is C14H24N2O. The molecule has 0 amide bonds. The lowest BCUT2D eigenvalue weighted by Gasteiger charge is -2.29. The number of aliphatic hydroxyl groups excluding tert-OH is 1. The van der Waals surface area contributed by atoms with Crippen molar-refractivity contribution in [2.24, 2.45) is 0 Å². The van der Waals surface area contributed by atoms with E-state index in [2.05, 4.69) is 43.4 Å². The first-order valence-electron chi connectivity index (χ1n) is 6.10. The first-order valence-corrected chi connectivity index (χ1v) is 6.10. The Morgan fingerprint density at radius 2 is 1.88 bits per heavy atom. The Bertz CT molecular complexity index is 313. The molecule has 2 N–H and O–H groups in total. The molecule has 0 bridgehead atoms. The van der Waals surface area contributed by atoms with Gasteiger partial charge in [-0.25, -0.2) is 0 Å². The van der Waals surface area contributed by atoms with Gasteiger partial charge in [-0.2, -0.15) is 0 Å². The molecule has 0 aliphatic rings. The van der Waals surface area contributed by atoms with Crippen LogP contribution in [0.25, 0.3) is 0 Å². The molecule has 3 heteroatoms. The van der Waals surface area contributed by atoms with Crippen LogP contribution in [-0.4, -0.2) is 49.3 Å². The van der Waals surface area contributed by atoms with Crippen LogP contribution in [0.2, 0.25) is 0 Å². The van der Waals surface area contributed by atoms with Crippen molar-refractivity contribution in [3.63, 3.8) is 0 Å². The van der Waals surface area contributed by atoms with Gasteiger partial charge in [-0.05, 0) is 33.0 Å². The van der Waals surface area contributed by atoms with Crippen LogP contribution in [0.5, 0.6) is 0 Å². The highest BCUT2D eigenvalue weighted by atomic mass is 16.3. The Balaban J connectivity index is 2.50. The summed E-state index contributed by atoms with van der Waals surface area (Å²) in [4.78, 5) is 2.13. The smallest absolute Gasteiger partial charge is 0.0613 e. The average molecular weight is 236 g/mol. The fraction of sp³-hybridized carbons (Fsp3) is 0.571. The highest BCUT2D eigenvalue weighted by molar-refractivity contribution is 5.17. The van der Waals surface area contributed by atoms with E-state index in [0.29, 0.717) is 0 Å².